The van der Waals surface area contributed by atoms with E-state index in [9.17, 15) is 9.90 Å². The Morgan fingerprint density at radius 1 is 1.44 bits per heavy atom. The molecule has 6 nitrogen and oxygen atoms in total. The third-order valence-electron chi connectivity index (χ3n) is 5.34. The van der Waals surface area contributed by atoms with Crippen LogP contribution >= 0.6 is 0 Å². The van der Waals surface area contributed by atoms with E-state index < -0.39 is 11.7 Å². The van der Waals surface area contributed by atoms with Gasteiger partial charge in [-0.25, -0.2) is 0 Å². The Morgan fingerprint density at radius 2 is 2.15 bits per heavy atom. The molecule has 1 fully saturated rings. The number of carbonyl (C=O) groups is 1. The van der Waals surface area contributed by atoms with Crippen LogP contribution in [0, 0.1) is 5.92 Å². The standard InChI is InChI=1S/C21H37NO5/c1-15(2)9-11-19(27-17(4)23)16(3)8-7-13-21(5)20(24)12-10-18(14-26-21)22-25-6/h16,19-20,24H,1,7-14H2,2-6H3/b22-18+. The molecule has 0 amide bonds. The highest BCUT2D eigenvalue weighted by Crippen LogP contribution is 2.31. The van der Waals surface area contributed by atoms with Crippen molar-refractivity contribution < 1.29 is 24.2 Å². The van der Waals surface area contributed by atoms with Crippen molar-refractivity contribution in [3.63, 3.8) is 0 Å². The Balaban J connectivity index is 2.57. The molecule has 0 aromatic rings. The quantitative estimate of drug-likeness (QED) is 0.350. The van der Waals surface area contributed by atoms with Crippen molar-refractivity contribution in [2.45, 2.75) is 90.4 Å². The lowest BCUT2D eigenvalue weighted by Crippen LogP contribution is -2.41. The SMILES string of the molecule is C=C(C)CCC(OC(C)=O)C(C)CCCC1(C)OC/C(=N/OC)CCC1O. The highest BCUT2D eigenvalue weighted by molar-refractivity contribution is 5.85. The highest BCUT2D eigenvalue weighted by Gasteiger charge is 2.36. The average molecular weight is 384 g/mol. The van der Waals surface area contributed by atoms with Gasteiger partial charge < -0.3 is 19.4 Å². The van der Waals surface area contributed by atoms with Gasteiger partial charge in [0.1, 0.15) is 13.2 Å². The first-order valence-electron chi connectivity index (χ1n) is 9.90. The van der Waals surface area contributed by atoms with Crippen molar-refractivity contribution in [2.24, 2.45) is 11.1 Å². The van der Waals surface area contributed by atoms with Crippen molar-refractivity contribution in [3.8, 4) is 0 Å². The summed E-state index contributed by atoms with van der Waals surface area (Å²) in [5, 5.41) is 14.5. The second-order valence-electron chi connectivity index (χ2n) is 8.01. The fraction of sp³-hybridized carbons (Fsp3) is 0.810. The maximum absolute atomic E-state index is 11.4. The summed E-state index contributed by atoms with van der Waals surface area (Å²) in [5.74, 6) is -0.00148. The van der Waals surface area contributed by atoms with E-state index in [1.165, 1.54) is 14.0 Å². The largest absolute Gasteiger partial charge is 0.462 e. The normalized spacial score (nSPS) is 26.9. The number of hydrogen-bond acceptors (Lipinski definition) is 6. The molecular formula is C21H37NO5. The molecule has 4 unspecified atom stereocenters. The molecule has 1 rings (SSSR count). The van der Waals surface area contributed by atoms with Crippen LogP contribution in [0.15, 0.2) is 17.3 Å². The summed E-state index contributed by atoms with van der Waals surface area (Å²) in [5.41, 5.74) is 1.32. The number of oxime groups is 1. The third-order valence-corrected chi connectivity index (χ3v) is 5.34. The summed E-state index contributed by atoms with van der Waals surface area (Å²) in [4.78, 5) is 16.3. The second-order valence-corrected chi connectivity index (χ2v) is 8.01. The summed E-state index contributed by atoms with van der Waals surface area (Å²) < 4.78 is 11.5. The lowest BCUT2D eigenvalue weighted by atomic mass is 9.87. The van der Waals surface area contributed by atoms with Crippen molar-refractivity contribution in [3.05, 3.63) is 12.2 Å². The Bertz CT molecular complexity index is 519. The molecule has 6 heteroatoms. The lowest BCUT2D eigenvalue weighted by Gasteiger charge is -2.33. The van der Waals surface area contributed by atoms with Gasteiger partial charge in [-0.1, -0.05) is 24.1 Å². The molecule has 0 saturated carbocycles. The summed E-state index contributed by atoms with van der Waals surface area (Å²) in [6.45, 7) is 11.8. The van der Waals surface area contributed by atoms with Gasteiger partial charge in [0.05, 0.1) is 24.0 Å². The number of esters is 1. The van der Waals surface area contributed by atoms with Crippen LogP contribution in [0.25, 0.3) is 0 Å². The Morgan fingerprint density at radius 3 is 2.74 bits per heavy atom. The molecule has 1 aliphatic heterocycles. The summed E-state index contributed by atoms with van der Waals surface area (Å²) >= 11 is 0. The van der Waals surface area contributed by atoms with Crippen LogP contribution in [0.1, 0.15) is 72.6 Å². The number of aliphatic hydroxyl groups excluding tert-OH is 1. The van der Waals surface area contributed by atoms with Crippen molar-refractivity contribution in [2.75, 3.05) is 13.7 Å². The predicted molar refractivity (Wildman–Crippen MR) is 107 cm³/mol. The zero-order valence-corrected chi connectivity index (χ0v) is 17.6. The minimum atomic E-state index is -0.598. The average Bonchev–Trinajstić information content (AvgIpc) is 2.72. The fourth-order valence-corrected chi connectivity index (χ4v) is 3.49. The van der Waals surface area contributed by atoms with E-state index in [-0.39, 0.29) is 18.0 Å². The molecule has 1 heterocycles. The zero-order valence-electron chi connectivity index (χ0n) is 17.6. The summed E-state index contributed by atoms with van der Waals surface area (Å²) in [6, 6.07) is 0. The number of aliphatic hydroxyl groups is 1. The van der Waals surface area contributed by atoms with E-state index >= 15 is 0 Å². The molecule has 0 aromatic carbocycles. The molecule has 1 saturated heterocycles. The Hall–Kier alpha value is -1.40. The molecule has 0 spiro atoms. The van der Waals surface area contributed by atoms with Crippen LogP contribution < -0.4 is 0 Å². The molecule has 1 aliphatic rings. The maximum atomic E-state index is 11.4. The number of nitrogens with zero attached hydrogens (tertiary/aromatic N) is 1. The van der Waals surface area contributed by atoms with Gasteiger partial charge in [-0.15, -0.1) is 6.58 Å². The first-order valence-corrected chi connectivity index (χ1v) is 9.90. The molecule has 0 radical (unpaired) electrons. The maximum Gasteiger partial charge on any atom is 0.302 e. The highest BCUT2D eigenvalue weighted by atomic mass is 16.6. The second kappa shape index (κ2) is 11.4. The smallest absolute Gasteiger partial charge is 0.302 e. The van der Waals surface area contributed by atoms with Crippen LogP contribution in [0.3, 0.4) is 0 Å². The summed E-state index contributed by atoms with van der Waals surface area (Å²) in [6.07, 6.45) is 4.82. The molecule has 0 aliphatic carbocycles. The van der Waals surface area contributed by atoms with Gasteiger partial charge in [-0.3, -0.25) is 4.79 Å². The number of carbonyl (C=O) groups excluding carboxylic acids is 1. The zero-order chi connectivity index (χ0) is 20.4. The molecule has 156 valence electrons. The fourth-order valence-electron chi connectivity index (χ4n) is 3.49. The van der Waals surface area contributed by atoms with Crippen LogP contribution in [0.5, 0.6) is 0 Å². The van der Waals surface area contributed by atoms with E-state index in [1.807, 2.05) is 13.8 Å². The molecule has 0 aromatic heterocycles. The van der Waals surface area contributed by atoms with E-state index in [0.717, 1.165) is 43.4 Å². The number of ether oxygens (including phenoxy) is 2. The molecular weight excluding hydrogens is 346 g/mol. The lowest BCUT2D eigenvalue weighted by molar-refractivity contribution is -0.149. The Kier molecular flexibility index (Phi) is 10.0. The number of allylic oxidation sites excluding steroid dienone is 1. The van der Waals surface area contributed by atoms with Crippen LogP contribution in [-0.4, -0.2) is 48.3 Å². The van der Waals surface area contributed by atoms with E-state index in [4.69, 9.17) is 14.3 Å². The van der Waals surface area contributed by atoms with E-state index in [2.05, 4.69) is 18.7 Å². The monoisotopic (exact) mass is 383 g/mol. The van der Waals surface area contributed by atoms with Crippen molar-refractivity contribution in [1.82, 2.24) is 0 Å². The number of hydrogen-bond donors (Lipinski definition) is 1. The summed E-state index contributed by atoms with van der Waals surface area (Å²) in [7, 11) is 1.52. The molecule has 4 atom stereocenters. The minimum Gasteiger partial charge on any atom is -0.462 e. The van der Waals surface area contributed by atoms with Crippen LogP contribution in [-0.2, 0) is 19.1 Å². The third kappa shape index (κ3) is 8.43. The van der Waals surface area contributed by atoms with Crippen LogP contribution in [0.4, 0.5) is 0 Å². The van der Waals surface area contributed by atoms with Crippen molar-refractivity contribution >= 4 is 11.7 Å². The van der Waals surface area contributed by atoms with Gasteiger partial charge in [0.15, 0.2) is 0 Å². The van der Waals surface area contributed by atoms with Gasteiger partial charge in [0.25, 0.3) is 0 Å². The van der Waals surface area contributed by atoms with Gasteiger partial charge in [-0.05, 0) is 58.3 Å². The first kappa shape index (κ1) is 23.6. The first-order chi connectivity index (χ1) is 12.7. The predicted octanol–water partition coefficient (Wildman–Crippen LogP) is 4.01. The molecule has 0 bridgehead atoms. The molecule has 1 N–H and O–H groups in total. The molecule has 27 heavy (non-hydrogen) atoms. The van der Waals surface area contributed by atoms with Gasteiger partial charge in [-0.2, -0.15) is 0 Å². The van der Waals surface area contributed by atoms with E-state index in [1.54, 1.807) is 0 Å². The minimum absolute atomic E-state index is 0.104. The van der Waals surface area contributed by atoms with Crippen molar-refractivity contribution in [1.29, 1.82) is 0 Å². The number of rotatable bonds is 10. The Labute approximate surface area is 163 Å². The topological polar surface area (TPSA) is 77.4 Å². The van der Waals surface area contributed by atoms with Crippen LogP contribution in [0.2, 0.25) is 0 Å². The van der Waals surface area contributed by atoms with Gasteiger partial charge >= 0.3 is 5.97 Å². The van der Waals surface area contributed by atoms with E-state index in [0.29, 0.717) is 19.4 Å². The van der Waals surface area contributed by atoms with Gasteiger partial charge in [0.2, 0.25) is 0 Å². The van der Waals surface area contributed by atoms with Gasteiger partial charge in [0, 0.05) is 6.92 Å².